The molecule has 0 aliphatic carbocycles. The number of amides is 1. The Hall–Kier alpha value is -0.220. The van der Waals surface area contributed by atoms with Crippen LogP contribution >= 0.6 is 11.8 Å². The van der Waals surface area contributed by atoms with Crippen LogP contribution in [0.15, 0.2) is 0 Å². The molecule has 0 aromatic rings. The Morgan fingerprint density at radius 2 is 1.56 bits per heavy atom. The zero-order chi connectivity index (χ0) is 20.9. The molecular formula is C23H47NO2S. The van der Waals surface area contributed by atoms with Crippen LogP contribution in [0.4, 0.5) is 0 Å². The SMILES string of the molecule is CCC(CC)(CC(=O)NCCC(C)C)OCCC(CC)(CC)SCC(C)C. The predicted molar refractivity (Wildman–Crippen MR) is 122 cm³/mol. The van der Waals surface area contributed by atoms with Crippen LogP contribution in [0.5, 0.6) is 0 Å². The highest BCUT2D eigenvalue weighted by Crippen LogP contribution is 2.38. The van der Waals surface area contributed by atoms with E-state index in [-0.39, 0.29) is 11.5 Å². The van der Waals surface area contributed by atoms with Crippen LogP contribution < -0.4 is 5.32 Å². The normalized spacial score (nSPS) is 12.8. The third kappa shape index (κ3) is 10.8. The van der Waals surface area contributed by atoms with Crippen molar-refractivity contribution in [1.29, 1.82) is 0 Å². The van der Waals surface area contributed by atoms with E-state index in [0.29, 0.717) is 23.0 Å². The number of nitrogens with one attached hydrogen (secondary N) is 1. The first kappa shape index (κ1) is 26.8. The monoisotopic (exact) mass is 401 g/mol. The van der Waals surface area contributed by atoms with Crippen molar-refractivity contribution in [2.24, 2.45) is 11.8 Å². The van der Waals surface area contributed by atoms with Gasteiger partial charge in [-0.25, -0.2) is 0 Å². The Kier molecular flexibility index (Phi) is 13.8. The van der Waals surface area contributed by atoms with Crippen LogP contribution in [0, 0.1) is 11.8 Å². The van der Waals surface area contributed by atoms with Gasteiger partial charge in [-0.2, -0.15) is 11.8 Å². The van der Waals surface area contributed by atoms with E-state index in [2.05, 4.69) is 72.5 Å². The molecule has 162 valence electrons. The maximum Gasteiger partial charge on any atom is 0.222 e. The Morgan fingerprint density at radius 1 is 0.963 bits per heavy atom. The number of thioether (sulfide) groups is 1. The molecule has 0 fully saturated rings. The summed E-state index contributed by atoms with van der Waals surface area (Å²) in [7, 11) is 0. The van der Waals surface area contributed by atoms with Gasteiger partial charge in [0.1, 0.15) is 0 Å². The van der Waals surface area contributed by atoms with E-state index in [4.69, 9.17) is 4.74 Å². The zero-order valence-corrected chi connectivity index (χ0v) is 20.3. The highest BCUT2D eigenvalue weighted by atomic mass is 32.2. The molecule has 4 heteroatoms. The van der Waals surface area contributed by atoms with Crippen molar-refractivity contribution < 1.29 is 9.53 Å². The summed E-state index contributed by atoms with van der Waals surface area (Å²) in [5, 5.41) is 3.08. The molecule has 0 saturated carbocycles. The highest BCUT2D eigenvalue weighted by molar-refractivity contribution is 8.00. The van der Waals surface area contributed by atoms with E-state index >= 15 is 0 Å². The first-order valence-electron chi connectivity index (χ1n) is 11.2. The predicted octanol–water partition coefficient (Wildman–Crippen LogP) is 6.45. The quantitative estimate of drug-likeness (QED) is 0.323. The van der Waals surface area contributed by atoms with Crippen molar-refractivity contribution in [3.05, 3.63) is 0 Å². The lowest BCUT2D eigenvalue weighted by molar-refractivity contribution is -0.130. The number of carbonyl (C=O) groups excluding carboxylic acids is 1. The zero-order valence-electron chi connectivity index (χ0n) is 19.5. The average Bonchev–Trinajstić information content (AvgIpc) is 2.63. The minimum atomic E-state index is -0.322. The van der Waals surface area contributed by atoms with Gasteiger partial charge in [0, 0.05) is 17.9 Å². The number of ether oxygens (including phenoxy) is 1. The largest absolute Gasteiger partial charge is 0.374 e. The molecule has 0 unspecified atom stereocenters. The standard InChI is InChI=1S/C23H47NO2S/c1-9-22(10-2,17-21(25)24-15-13-19(5)6)26-16-14-23(11-3,12-4)27-18-20(7)8/h19-20H,9-18H2,1-8H3,(H,24,25). The molecule has 0 aromatic carbocycles. The Morgan fingerprint density at radius 3 is 2.00 bits per heavy atom. The number of hydrogen-bond acceptors (Lipinski definition) is 3. The van der Waals surface area contributed by atoms with Gasteiger partial charge >= 0.3 is 0 Å². The van der Waals surface area contributed by atoms with E-state index in [1.165, 1.54) is 18.6 Å². The molecule has 1 N–H and O–H groups in total. The molecule has 0 spiro atoms. The topological polar surface area (TPSA) is 38.3 Å². The first-order chi connectivity index (χ1) is 12.7. The average molecular weight is 402 g/mol. The summed E-state index contributed by atoms with van der Waals surface area (Å²) in [6.07, 6.45) is 6.67. The summed E-state index contributed by atoms with van der Waals surface area (Å²) in [5.74, 6) is 2.66. The Labute approximate surface area is 174 Å². The molecule has 0 aromatic heterocycles. The Balaban J connectivity index is 4.71. The molecule has 0 aliphatic heterocycles. The van der Waals surface area contributed by atoms with Gasteiger partial charge in [-0.3, -0.25) is 4.79 Å². The van der Waals surface area contributed by atoms with Gasteiger partial charge in [-0.05, 0) is 56.1 Å². The van der Waals surface area contributed by atoms with Gasteiger partial charge in [0.25, 0.3) is 0 Å². The van der Waals surface area contributed by atoms with Crippen molar-refractivity contribution in [3.8, 4) is 0 Å². The number of hydrogen-bond donors (Lipinski definition) is 1. The molecule has 0 heterocycles. The third-order valence-electron chi connectivity index (χ3n) is 5.79. The lowest BCUT2D eigenvalue weighted by Gasteiger charge is -2.36. The number of carbonyl (C=O) groups is 1. The van der Waals surface area contributed by atoms with Crippen molar-refractivity contribution >= 4 is 17.7 Å². The van der Waals surface area contributed by atoms with E-state index in [1.807, 2.05) is 0 Å². The van der Waals surface area contributed by atoms with Crippen molar-refractivity contribution in [2.75, 3.05) is 18.9 Å². The summed E-state index contributed by atoms with van der Waals surface area (Å²) < 4.78 is 6.72. The summed E-state index contributed by atoms with van der Waals surface area (Å²) >= 11 is 2.11. The first-order valence-corrected chi connectivity index (χ1v) is 12.2. The lowest BCUT2D eigenvalue weighted by atomic mass is 9.92. The van der Waals surface area contributed by atoms with Crippen molar-refractivity contribution in [1.82, 2.24) is 5.32 Å². The van der Waals surface area contributed by atoms with Crippen LogP contribution in [-0.4, -0.2) is 35.2 Å². The summed E-state index contributed by atoms with van der Waals surface area (Å²) in [5.41, 5.74) is -0.322. The Bertz CT molecular complexity index is 388. The van der Waals surface area contributed by atoms with Crippen LogP contribution in [-0.2, 0) is 9.53 Å². The molecule has 3 nitrogen and oxygen atoms in total. The van der Waals surface area contributed by atoms with Gasteiger partial charge < -0.3 is 10.1 Å². The van der Waals surface area contributed by atoms with Gasteiger partial charge in [-0.1, -0.05) is 55.4 Å². The van der Waals surface area contributed by atoms with E-state index in [1.54, 1.807) is 0 Å². The van der Waals surface area contributed by atoms with Gasteiger partial charge in [-0.15, -0.1) is 0 Å². The molecule has 0 bridgehead atoms. The minimum Gasteiger partial charge on any atom is -0.374 e. The van der Waals surface area contributed by atoms with E-state index in [0.717, 1.165) is 38.8 Å². The fourth-order valence-corrected chi connectivity index (χ4v) is 4.61. The second-order valence-corrected chi connectivity index (χ2v) is 10.3. The smallest absolute Gasteiger partial charge is 0.222 e. The molecule has 1 amide bonds. The molecule has 0 radical (unpaired) electrons. The summed E-state index contributed by atoms with van der Waals surface area (Å²) in [6.45, 7) is 19.3. The van der Waals surface area contributed by atoms with Crippen molar-refractivity contribution in [2.45, 2.75) is 111 Å². The molecule has 0 atom stereocenters. The minimum absolute atomic E-state index is 0.130. The molecule has 0 rings (SSSR count). The molecular weight excluding hydrogens is 354 g/mol. The summed E-state index contributed by atoms with van der Waals surface area (Å²) in [4.78, 5) is 12.4. The van der Waals surface area contributed by atoms with E-state index < -0.39 is 0 Å². The van der Waals surface area contributed by atoms with E-state index in [9.17, 15) is 4.79 Å². The van der Waals surface area contributed by atoms with Crippen LogP contribution in [0.1, 0.15) is 100 Å². The van der Waals surface area contributed by atoms with Gasteiger partial charge in [0.15, 0.2) is 0 Å². The lowest BCUT2D eigenvalue weighted by Crippen LogP contribution is -2.40. The molecule has 0 aliphatic rings. The van der Waals surface area contributed by atoms with Crippen LogP contribution in [0.25, 0.3) is 0 Å². The number of rotatable bonds is 16. The maximum atomic E-state index is 12.4. The second kappa shape index (κ2) is 13.9. The third-order valence-corrected chi connectivity index (χ3v) is 8.02. The van der Waals surface area contributed by atoms with Crippen LogP contribution in [0.2, 0.25) is 0 Å². The molecule has 27 heavy (non-hydrogen) atoms. The molecule has 0 saturated heterocycles. The van der Waals surface area contributed by atoms with Gasteiger partial charge in [0.05, 0.1) is 12.0 Å². The van der Waals surface area contributed by atoms with Gasteiger partial charge in [0.2, 0.25) is 5.91 Å². The second-order valence-electron chi connectivity index (χ2n) is 8.79. The fourth-order valence-electron chi connectivity index (χ4n) is 3.29. The van der Waals surface area contributed by atoms with Crippen molar-refractivity contribution in [3.63, 3.8) is 0 Å². The fraction of sp³-hybridized carbons (Fsp3) is 0.957. The maximum absolute atomic E-state index is 12.4. The highest BCUT2D eigenvalue weighted by Gasteiger charge is 2.32. The summed E-state index contributed by atoms with van der Waals surface area (Å²) in [6, 6.07) is 0. The van der Waals surface area contributed by atoms with Crippen LogP contribution in [0.3, 0.4) is 0 Å².